The first-order valence-electron chi connectivity index (χ1n) is 7.03. The molecule has 1 rings (SSSR count). The molecule has 17 heavy (non-hydrogen) atoms. The van der Waals surface area contributed by atoms with Gasteiger partial charge in [-0.25, -0.2) is 0 Å². The van der Waals surface area contributed by atoms with E-state index in [-0.39, 0.29) is 5.41 Å². The zero-order valence-electron chi connectivity index (χ0n) is 12.1. The minimum Gasteiger partial charge on any atom is -0.377 e. The maximum Gasteiger partial charge on any atom is 0.0608 e. The lowest BCUT2D eigenvalue weighted by Gasteiger charge is -2.38. The number of halogens is 1. The topological polar surface area (TPSA) is 9.23 Å². The highest BCUT2D eigenvalue weighted by Gasteiger charge is 2.32. The molecule has 0 bridgehead atoms. The van der Waals surface area contributed by atoms with Gasteiger partial charge in [-0.2, -0.15) is 0 Å². The van der Waals surface area contributed by atoms with Crippen LogP contribution in [-0.4, -0.2) is 18.0 Å². The first-order valence-corrected chi connectivity index (χ1v) is 8.15. The Morgan fingerprint density at radius 2 is 1.94 bits per heavy atom. The summed E-state index contributed by atoms with van der Waals surface area (Å²) in [5.41, 5.74) is 0.252. The van der Waals surface area contributed by atoms with Crippen LogP contribution < -0.4 is 0 Å². The summed E-state index contributed by atoms with van der Waals surface area (Å²) < 4.78 is 6.25. The van der Waals surface area contributed by atoms with Crippen LogP contribution in [0.25, 0.3) is 0 Å². The molecule has 0 saturated heterocycles. The minimum atomic E-state index is 0.252. The van der Waals surface area contributed by atoms with Crippen LogP contribution in [0.15, 0.2) is 0 Å². The van der Waals surface area contributed by atoms with E-state index < -0.39 is 0 Å². The van der Waals surface area contributed by atoms with Gasteiger partial charge in [0.1, 0.15) is 0 Å². The molecule has 2 heteroatoms. The Labute approximate surface area is 116 Å². The Morgan fingerprint density at radius 3 is 2.47 bits per heavy atom. The van der Waals surface area contributed by atoms with Crippen LogP contribution >= 0.6 is 15.9 Å². The monoisotopic (exact) mass is 304 g/mol. The number of rotatable bonds is 5. The maximum absolute atomic E-state index is 6.25. The van der Waals surface area contributed by atoms with Crippen LogP contribution in [0.4, 0.5) is 0 Å². The summed E-state index contributed by atoms with van der Waals surface area (Å²) in [6, 6.07) is 0. The molecule has 0 aromatic rings. The van der Waals surface area contributed by atoms with Crippen LogP contribution in [0.5, 0.6) is 0 Å². The second-order valence-corrected chi connectivity index (χ2v) is 7.53. The van der Waals surface area contributed by atoms with E-state index in [0.717, 1.165) is 29.7 Å². The highest BCUT2D eigenvalue weighted by Crippen LogP contribution is 2.36. The van der Waals surface area contributed by atoms with E-state index >= 15 is 0 Å². The minimum absolute atomic E-state index is 0.252. The van der Waals surface area contributed by atoms with Gasteiger partial charge in [0.2, 0.25) is 0 Å². The molecule has 1 aliphatic carbocycles. The molecule has 0 aliphatic heterocycles. The number of ether oxygens (including phenoxy) is 1. The Hall–Kier alpha value is 0.440. The first kappa shape index (κ1) is 15.5. The molecule has 3 atom stereocenters. The molecule has 1 fully saturated rings. The smallest absolute Gasteiger partial charge is 0.0608 e. The van der Waals surface area contributed by atoms with Crippen molar-refractivity contribution in [2.75, 3.05) is 11.9 Å². The van der Waals surface area contributed by atoms with Crippen molar-refractivity contribution >= 4 is 15.9 Å². The second kappa shape index (κ2) is 6.56. The third-order valence-electron chi connectivity index (χ3n) is 4.01. The van der Waals surface area contributed by atoms with Crippen molar-refractivity contribution in [3.8, 4) is 0 Å². The van der Waals surface area contributed by atoms with Gasteiger partial charge in [0.05, 0.1) is 12.7 Å². The zero-order chi connectivity index (χ0) is 13.1. The predicted molar refractivity (Wildman–Crippen MR) is 78.7 cm³/mol. The summed E-state index contributed by atoms with van der Waals surface area (Å²) in [6.45, 7) is 12.4. The molecule has 0 heterocycles. The number of hydrogen-bond donors (Lipinski definition) is 0. The molecule has 3 unspecified atom stereocenters. The number of hydrogen-bond acceptors (Lipinski definition) is 1. The van der Waals surface area contributed by atoms with Crippen LogP contribution in [0.2, 0.25) is 0 Å². The third-order valence-corrected chi connectivity index (χ3v) is 5.53. The van der Waals surface area contributed by atoms with Crippen LogP contribution in [-0.2, 0) is 4.74 Å². The third kappa shape index (κ3) is 4.90. The first-order chi connectivity index (χ1) is 7.85. The normalized spacial score (nSPS) is 30.9. The second-order valence-electron chi connectivity index (χ2n) is 6.97. The number of alkyl halides is 1. The van der Waals surface area contributed by atoms with Crippen molar-refractivity contribution in [1.29, 1.82) is 0 Å². The fourth-order valence-corrected chi connectivity index (χ4v) is 2.84. The van der Waals surface area contributed by atoms with Crippen molar-refractivity contribution in [3.63, 3.8) is 0 Å². The van der Waals surface area contributed by atoms with E-state index in [0.29, 0.717) is 6.10 Å². The highest BCUT2D eigenvalue weighted by molar-refractivity contribution is 9.09. The molecule has 102 valence electrons. The van der Waals surface area contributed by atoms with E-state index in [9.17, 15) is 0 Å². The average Bonchev–Trinajstić information content (AvgIpc) is 2.26. The zero-order valence-corrected chi connectivity index (χ0v) is 13.7. The summed E-state index contributed by atoms with van der Waals surface area (Å²) in [7, 11) is 0. The van der Waals surface area contributed by atoms with Gasteiger partial charge in [0, 0.05) is 5.33 Å². The van der Waals surface area contributed by atoms with Gasteiger partial charge in [-0.3, -0.25) is 0 Å². The van der Waals surface area contributed by atoms with E-state index in [2.05, 4.69) is 50.5 Å². The van der Waals surface area contributed by atoms with E-state index in [1.54, 1.807) is 0 Å². The van der Waals surface area contributed by atoms with Gasteiger partial charge in [0.15, 0.2) is 0 Å². The van der Waals surface area contributed by atoms with Crippen LogP contribution in [0, 0.1) is 23.2 Å². The fraction of sp³-hybridized carbons (Fsp3) is 1.00. The summed E-state index contributed by atoms with van der Waals surface area (Å²) in [6.07, 6.45) is 4.46. The lowest BCUT2D eigenvalue weighted by molar-refractivity contribution is -0.0616. The quantitative estimate of drug-likeness (QED) is 0.657. The summed E-state index contributed by atoms with van der Waals surface area (Å²) in [5, 5.41) is 1.01. The van der Waals surface area contributed by atoms with Gasteiger partial charge < -0.3 is 4.74 Å². The lowest BCUT2D eigenvalue weighted by atomic mass is 9.75. The molecular formula is C15H29BrO. The summed E-state index contributed by atoms with van der Waals surface area (Å²) in [4.78, 5) is 0. The SMILES string of the molecule is CC1CCC(C(C)C)C(OCC(C)(C)CBr)C1. The molecule has 0 radical (unpaired) electrons. The van der Waals surface area contributed by atoms with E-state index in [1.165, 1.54) is 19.3 Å². The van der Waals surface area contributed by atoms with Crippen LogP contribution in [0.1, 0.15) is 53.9 Å². The lowest BCUT2D eigenvalue weighted by Crippen LogP contribution is -2.37. The van der Waals surface area contributed by atoms with Gasteiger partial charge in [-0.05, 0) is 36.0 Å². The highest BCUT2D eigenvalue weighted by atomic mass is 79.9. The molecule has 0 aromatic carbocycles. The van der Waals surface area contributed by atoms with Gasteiger partial charge in [-0.1, -0.05) is 57.0 Å². The average molecular weight is 305 g/mol. The summed E-state index contributed by atoms with van der Waals surface area (Å²) >= 11 is 3.57. The Bertz CT molecular complexity index is 225. The molecule has 0 aromatic heterocycles. The Morgan fingerprint density at radius 1 is 1.29 bits per heavy atom. The fourth-order valence-electron chi connectivity index (χ4n) is 2.68. The van der Waals surface area contributed by atoms with Crippen molar-refractivity contribution in [1.82, 2.24) is 0 Å². The molecule has 1 aliphatic rings. The molecule has 1 nitrogen and oxygen atoms in total. The molecular weight excluding hydrogens is 276 g/mol. The van der Waals surface area contributed by atoms with Gasteiger partial charge in [0.25, 0.3) is 0 Å². The van der Waals surface area contributed by atoms with Crippen LogP contribution in [0.3, 0.4) is 0 Å². The van der Waals surface area contributed by atoms with Crippen molar-refractivity contribution < 1.29 is 4.74 Å². The van der Waals surface area contributed by atoms with E-state index in [4.69, 9.17) is 4.74 Å². The van der Waals surface area contributed by atoms with E-state index in [1.807, 2.05) is 0 Å². The van der Waals surface area contributed by atoms with Gasteiger partial charge >= 0.3 is 0 Å². The maximum atomic E-state index is 6.25. The van der Waals surface area contributed by atoms with Crippen molar-refractivity contribution in [2.45, 2.75) is 60.0 Å². The van der Waals surface area contributed by atoms with Gasteiger partial charge in [-0.15, -0.1) is 0 Å². The van der Waals surface area contributed by atoms with Crippen molar-refractivity contribution in [2.24, 2.45) is 23.2 Å². The Balaban J connectivity index is 2.52. The summed E-state index contributed by atoms with van der Waals surface area (Å²) in [5.74, 6) is 2.35. The van der Waals surface area contributed by atoms with Crippen molar-refractivity contribution in [3.05, 3.63) is 0 Å². The predicted octanol–water partition coefficient (Wildman–Crippen LogP) is 4.88. The molecule has 1 saturated carbocycles. The molecule has 0 N–H and O–H groups in total. The standard InChI is InChI=1S/C15H29BrO/c1-11(2)13-7-6-12(3)8-14(13)17-10-15(4,5)9-16/h11-14H,6-10H2,1-5H3. The molecule has 0 amide bonds. The Kier molecular flexibility index (Phi) is 5.98. The largest absolute Gasteiger partial charge is 0.377 e. The molecule has 0 spiro atoms.